The minimum absolute atomic E-state index is 0.209. The number of carbonyl (C=O) groups is 1. The second-order valence-electron chi connectivity index (χ2n) is 4.13. The summed E-state index contributed by atoms with van der Waals surface area (Å²) in [6.45, 7) is 3.79. The first-order valence-electron chi connectivity index (χ1n) is 5.38. The number of rotatable bonds is 3. The van der Waals surface area contributed by atoms with Crippen LogP contribution >= 0.6 is 0 Å². The molecule has 1 amide bonds. The summed E-state index contributed by atoms with van der Waals surface area (Å²) in [7, 11) is 0. The van der Waals surface area contributed by atoms with Gasteiger partial charge in [-0.15, -0.1) is 0 Å². The van der Waals surface area contributed by atoms with E-state index in [1.54, 1.807) is 13.8 Å². The van der Waals surface area contributed by atoms with Gasteiger partial charge in [-0.05, 0) is 31.5 Å². The Hall–Kier alpha value is -1.78. The van der Waals surface area contributed by atoms with Crippen molar-refractivity contribution in [2.24, 2.45) is 0 Å². The number of halogens is 3. The van der Waals surface area contributed by atoms with Crippen LogP contribution in [-0.4, -0.2) is 5.91 Å². The highest BCUT2D eigenvalue weighted by Crippen LogP contribution is 2.28. The molecule has 0 atom stereocenters. The van der Waals surface area contributed by atoms with Crippen LogP contribution in [0.25, 0.3) is 0 Å². The summed E-state index contributed by atoms with van der Waals surface area (Å²) >= 11 is 0. The first-order valence-corrected chi connectivity index (χ1v) is 5.38. The maximum absolute atomic E-state index is 12.3. The molecule has 0 fully saturated rings. The predicted molar refractivity (Wildman–Crippen MR) is 62.7 cm³/mol. The summed E-state index contributed by atoms with van der Waals surface area (Å²) in [5.41, 5.74) is 0.792. The minimum atomic E-state index is -4.33. The number of nitrogens with one attached hydrogen (secondary N) is 1. The van der Waals surface area contributed by atoms with Crippen molar-refractivity contribution in [1.29, 1.82) is 0 Å². The number of amides is 1. The van der Waals surface area contributed by atoms with E-state index in [4.69, 9.17) is 0 Å². The molecule has 0 radical (unpaired) electrons. The maximum Gasteiger partial charge on any atom is 0.416 e. The quantitative estimate of drug-likeness (QED) is 0.827. The van der Waals surface area contributed by atoms with Crippen molar-refractivity contribution >= 4 is 5.91 Å². The molecule has 0 saturated heterocycles. The zero-order valence-electron chi connectivity index (χ0n) is 10.1. The second-order valence-corrected chi connectivity index (χ2v) is 4.13. The summed E-state index contributed by atoms with van der Waals surface area (Å²) in [6.07, 6.45) is -2.89. The van der Waals surface area contributed by atoms with Gasteiger partial charge in [0.25, 0.3) is 0 Å². The number of allylic oxidation sites excluding steroid dienone is 1. The monoisotopic (exact) mass is 257 g/mol. The highest BCUT2D eigenvalue weighted by molar-refractivity contribution is 5.87. The van der Waals surface area contributed by atoms with E-state index in [-0.39, 0.29) is 12.5 Å². The first-order chi connectivity index (χ1) is 8.29. The van der Waals surface area contributed by atoms with Crippen molar-refractivity contribution in [3.63, 3.8) is 0 Å². The third kappa shape index (κ3) is 4.61. The highest BCUT2D eigenvalue weighted by atomic mass is 19.4. The molecule has 18 heavy (non-hydrogen) atoms. The van der Waals surface area contributed by atoms with Crippen LogP contribution in [0.2, 0.25) is 0 Å². The lowest BCUT2D eigenvalue weighted by molar-refractivity contribution is -0.137. The smallest absolute Gasteiger partial charge is 0.348 e. The number of hydrogen-bond donors (Lipinski definition) is 1. The molecule has 1 aromatic rings. The average Bonchev–Trinajstić information content (AvgIpc) is 2.25. The van der Waals surface area contributed by atoms with E-state index in [1.165, 1.54) is 18.2 Å². The Kier molecular flexibility index (Phi) is 4.53. The number of hydrogen-bond acceptors (Lipinski definition) is 1. The lowest BCUT2D eigenvalue weighted by Gasteiger charge is -2.08. The third-order valence-electron chi connectivity index (χ3n) is 2.17. The van der Waals surface area contributed by atoms with Crippen LogP contribution in [-0.2, 0) is 17.5 Å². The highest BCUT2D eigenvalue weighted by Gasteiger charge is 2.29. The molecular weight excluding hydrogens is 243 g/mol. The Morgan fingerprint density at radius 3 is 2.22 bits per heavy atom. The van der Waals surface area contributed by atoms with Crippen LogP contribution in [0.3, 0.4) is 0 Å². The van der Waals surface area contributed by atoms with Crippen LogP contribution in [0, 0.1) is 0 Å². The average molecular weight is 257 g/mol. The van der Waals surface area contributed by atoms with Gasteiger partial charge in [-0.2, -0.15) is 13.2 Å². The molecule has 0 unspecified atom stereocenters. The molecule has 2 nitrogen and oxygen atoms in total. The number of alkyl halides is 3. The summed E-state index contributed by atoms with van der Waals surface area (Å²) < 4.78 is 36.9. The van der Waals surface area contributed by atoms with Gasteiger partial charge in [0, 0.05) is 12.6 Å². The maximum atomic E-state index is 12.3. The van der Waals surface area contributed by atoms with Crippen molar-refractivity contribution in [2.45, 2.75) is 26.6 Å². The van der Waals surface area contributed by atoms with Gasteiger partial charge < -0.3 is 5.32 Å². The molecule has 1 N–H and O–H groups in total. The van der Waals surface area contributed by atoms with E-state index in [9.17, 15) is 18.0 Å². The SMILES string of the molecule is CC(C)=CC(=O)NCc1ccc(C(F)(F)F)cc1. The Balaban J connectivity index is 2.60. The fraction of sp³-hybridized carbons (Fsp3) is 0.308. The third-order valence-corrected chi connectivity index (χ3v) is 2.17. The molecule has 1 aromatic carbocycles. The summed E-state index contributed by atoms with van der Waals surface area (Å²) in [5.74, 6) is -0.255. The van der Waals surface area contributed by atoms with Gasteiger partial charge in [0.1, 0.15) is 0 Å². The van der Waals surface area contributed by atoms with Crippen LogP contribution in [0.1, 0.15) is 25.0 Å². The molecule has 0 spiro atoms. The number of carbonyl (C=O) groups excluding carboxylic acids is 1. The van der Waals surface area contributed by atoms with Gasteiger partial charge in [-0.1, -0.05) is 17.7 Å². The summed E-state index contributed by atoms with van der Waals surface area (Å²) in [4.78, 5) is 11.3. The molecule has 1 rings (SSSR count). The Labute approximate surface area is 104 Å². The molecule has 0 aliphatic heterocycles. The van der Waals surface area contributed by atoms with Crippen LogP contribution < -0.4 is 5.32 Å². The molecule has 0 aliphatic rings. The lowest BCUT2D eigenvalue weighted by Crippen LogP contribution is -2.20. The summed E-state index contributed by atoms with van der Waals surface area (Å²) in [5, 5.41) is 2.59. The van der Waals surface area contributed by atoms with Gasteiger partial charge in [0.15, 0.2) is 0 Å². The van der Waals surface area contributed by atoms with Crippen LogP contribution in [0.5, 0.6) is 0 Å². The number of benzene rings is 1. The summed E-state index contributed by atoms with van der Waals surface area (Å²) in [6, 6.07) is 4.71. The van der Waals surface area contributed by atoms with E-state index in [2.05, 4.69) is 5.32 Å². The van der Waals surface area contributed by atoms with Crippen LogP contribution in [0.15, 0.2) is 35.9 Å². The topological polar surface area (TPSA) is 29.1 Å². The van der Waals surface area contributed by atoms with Crippen molar-refractivity contribution < 1.29 is 18.0 Å². The van der Waals surface area contributed by atoms with E-state index in [0.29, 0.717) is 5.56 Å². The van der Waals surface area contributed by atoms with Crippen molar-refractivity contribution in [3.8, 4) is 0 Å². The molecule has 0 aliphatic carbocycles. The lowest BCUT2D eigenvalue weighted by atomic mass is 10.1. The van der Waals surface area contributed by atoms with Gasteiger partial charge >= 0.3 is 6.18 Å². The van der Waals surface area contributed by atoms with Gasteiger partial charge in [0.05, 0.1) is 5.56 Å². The minimum Gasteiger partial charge on any atom is -0.348 e. The van der Waals surface area contributed by atoms with Crippen molar-refractivity contribution in [3.05, 3.63) is 47.0 Å². The zero-order valence-corrected chi connectivity index (χ0v) is 10.1. The molecule has 0 saturated carbocycles. The van der Waals surface area contributed by atoms with E-state index in [1.807, 2.05) is 0 Å². The van der Waals surface area contributed by atoms with Crippen molar-refractivity contribution in [1.82, 2.24) is 5.32 Å². The van der Waals surface area contributed by atoms with E-state index in [0.717, 1.165) is 17.7 Å². The van der Waals surface area contributed by atoms with Crippen molar-refractivity contribution in [2.75, 3.05) is 0 Å². The Bertz CT molecular complexity index is 442. The second kappa shape index (κ2) is 5.71. The fourth-order valence-electron chi connectivity index (χ4n) is 1.31. The molecule has 0 heterocycles. The zero-order chi connectivity index (χ0) is 13.8. The molecule has 5 heteroatoms. The van der Waals surface area contributed by atoms with Crippen LogP contribution in [0.4, 0.5) is 13.2 Å². The largest absolute Gasteiger partial charge is 0.416 e. The van der Waals surface area contributed by atoms with Gasteiger partial charge in [-0.25, -0.2) is 0 Å². The first kappa shape index (κ1) is 14.3. The molecular formula is C13H14F3NO. The molecule has 98 valence electrons. The normalized spacial score (nSPS) is 10.9. The van der Waals surface area contributed by atoms with E-state index < -0.39 is 11.7 Å². The van der Waals surface area contributed by atoms with Gasteiger partial charge in [-0.3, -0.25) is 4.79 Å². The van der Waals surface area contributed by atoms with E-state index >= 15 is 0 Å². The fourth-order valence-corrected chi connectivity index (χ4v) is 1.31. The Morgan fingerprint density at radius 1 is 1.22 bits per heavy atom. The van der Waals surface area contributed by atoms with Gasteiger partial charge in [0.2, 0.25) is 5.91 Å². The molecule has 0 aromatic heterocycles. The molecule has 0 bridgehead atoms. The Morgan fingerprint density at radius 2 is 1.78 bits per heavy atom. The standard InChI is InChI=1S/C13H14F3NO/c1-9(2)7-12(18)17-8-10-3-5-11(6-4-10)13(14,15)16/h3-7H,8H2,1-2H3,(H,17,18). The predicted octanol–water partition coefficient (Wildman–Crippen LogP) is 3.29.